The second-order valence-corrected chi connectivity index (χ2v) is 5.83. The van der Waals surface area contributed by atoms with Gasteiger partial charge in [0.2, 0.25) is 10.0 Å². The van der Waals surface area contributed by atoms with E-state index >= 15 is 0 Å². The number of nitrogens with two attached hydrogens (primary N) is 1. The fraction of sp³-hybridized carbons (Fsp3) is 0.417. The topological polar surface area (TPSA) is 98.5 Å². The Balaban J connectivity index is 2.92. The molecule has 6 nitrogen and oxygen atoms in total. The number of nitrogen functional groups attached to an aromatic ring is 1. The fourth-order valence-electron chi connectivity index (χ4n) is 1.40. The number of hydrogen-bond acceptors (Lipinski definition) is 5. The van der Waals surface area contributed by atoms with Crippen LogP contribution < -0.4 is 10.5 Å². The Morgan fingerprint density at radius 1 is 1.47 bits per heavy atom. The number of sulfonamides is 1. The number of esters is 1. The van der Waals surface area contributed by atoms with Gasteiger partial charge >= 0.3 is 5.97 Å². The van der Waals surface area contributed by atoms with Crippen molar-refractivity contribution >= 4 is 21.7 Å². The third-order valence-corrected chi connectivity index (χ3v) is 4.07. The third kappa shape index (κ3) is 3.93. The Bertz CT molecular complexity index is 569. The maximum Gasteiger partial charge on any atom is 0.323 e. The summed E-state index contributed by atoms with van der Waals surface area (Å²) in [7, 11) is -3.79. The van der Waals surface area contributed by atoms with Gasteiger partial charge in [0.15, 0.2) is 0 Å². The van der Waals surface area contributed by atoms with Crippen molar-refractivity contribution in [2.24, 2.45) is 0 Å². The number of aryl methyl sites for hydroxylation is 1. The van der Waals surface area contributed by atoms with Gasteiger partial charge in [-0.15, -0.1) is 0 Å². The molecule has 0 aliphatic rings. The molecule has 0 radical (unpaired) electrons. The molecule has 0 amide bonds. The molecule has 0 aliphatic carbocycles. The molecule has 7 heteroatoms. The average molecular weight is 286 g/mol. The second kappa shape index (κ2) is 6.03. The number of carbonyl (C=O) groups excluding carboxylic acids is 1. The molecule has 1 aromatic rings. The first-order valence-electron chi connectivity index (χ1n) is 5.83. The van der Waals surface area contributed by atoms with Gasteiger partial charge in [0.05, 0.1) is 11.5 Å². The monoisotopic (exact) mass is 286 g/mol. The Morgan fingerprint density at radius 3 is 2.63 bits per heavy atom. The normalized spacial score (nSPS) is 13.0. The molecule has 0 saturated carbocycles. The van der Waals surface area contributed by atoms with E-state index in [9.17, 15) is 13.2 Å². The molecule has 0 saturated heterocycles. The summed E-state index contributed by atoms with van der Waals surface area (Å²) in [5.74, 6) is -0.619. The molecule has 106 valence electrons. The molecule has 19 heavy (non-hydrogen) atoms. The Labute approximate surface area is 113 Å². The van der Waals surface area contributed by atoms with Crippen LogP contribution in [0.5, 0.6) is 0 Å². The van der Waals surface area contributed by atoms with Crippen molar-refractivity contribution in [1.29, 1.82) is 0 Å². The lowest BCUT2D eigenvalue weighted by molar-refractivity contribution is -0.144. The van der Waals surface area contributed by atoms with Crippen molar-refractivity contribution in [3.8, 4) is 0 Å². The highest BCUT2D eigenvalue weighted by atomic mass is 32.2. The minimum Gasteiger partial charge on any atom is -0.465 e. The summed E-state index contributed by atoms with van der Waals surface area (Å²) in [6.45, 7) is 5.05. The van der Waals surface area contributed by atoms with Crippen LogP contribution in [0.25, 0.3) is 0 Å². The Hall–Kier alpha value is -1.60. The lowest BCUT2D eigenvalue weighted by Crippen LogP contribution is -2.39. The molecular formula is C12H18N2O4S. The second-order valence-electron chi connectivity index (χ2n) is 4.11. The first-order chi connectivity index (χ1) is 8.77. The van der Waals surface area contributed by atoms with Gasteiger partial charge in [-0.05, 0) is 38.5 Å². The van der Waals surface area contributed by atoms with Crippen molar-refractivity contribution < 1.29 is 17.9 Å². The maximum atomic E-state index is 12.0. The van der Waals surface area contributed by atoms with Gasteiger partial charge in [-0.2, -0.15) is 4.72 Å². The molecule has 1 rings (SSSR count). The molecule has 0 spiro atoms. The lowest BCUT2D eigenvalue weighted by atomic mass is 10.2. The largest absolute Gasteiger partial charge is 0.465 e. The minimum atomic E-state index is -3.79. The van der Waals surface area contributed by atoms with E-state index in [2.05, 4.69) is 4.72 Å². The van der Waals surface area contributed by atoms with Gasteiger partial charge < -0.3 is 10.5 Å². The average Bonchev–Trinajstić information content (AvgIpc) is 2.32. The summed E-state index contributed by atoms with van der Waals surface area (Å²) in [6.07, 6.45) is 0. The molecule has 0 bridgehead atoms. The van der Waals surface area contributed by atoms with Crippen LogP contribution >= 0.6 is 0 Å². The highest BCUT2D eigenvalue weighted by Crippen LogP contribution is 2.17. The molecule has 0 aromatic heterocycles. The van der Waals surface area contributed by atoms with Crippen molar-refractivity contribution in [2.75, 3.05) is 12.3 Å². The summed E-state index contributed by atoms with van der Waals surface area (Å²) in [6, 6.07) is 3.45. The van der Waals surface area contributed by atoms with E-state index in [0.717, 1.165) is 5.56 Å². The number of benzene rings is 1. The van der Waals surface area contributed by atoms with Crippen molar-refractivity contribution in [3.63, 3.8) is 0 Å². The van der Waals surface area contributed by atoms with Gasteiger partial charge in [0.25, 0.3) is 0 Å². The zero-order valence-corrected chi connectivity index (χ0v) is 12.0. The van der Waals surface area contributed by atoms with Crippen molar-refractivity contribution in [1.82, 2.24) is 4.72 Å². The number of carbonyl (C=O) groups is 1. The van der Waals surface area contributed by atoms with Crippen LogP contribution in [0.2, 0.25) is 0 Å². The van der Waals surface area contributed by atoms with E-state index in [1.165, 1.54) is 19.1 Å². The number of rotatable bonds is 5. The summed E-state index contributed by atoms with van der Waals surface area (Å²) in [5, 5.41) is 0. The van der Waals surface area contributed by atoms with Crippen molar-refractivity contribution in [2.45, 2.75) is 31.7 Å². The van der Waals surface area contributed by atoms with E-state index in [-0.39, 0.29) is 11.5 Å². The zero-order chi connectivity index (χ0) is 14.6. The Morgan fingerprint density at radius 2 is 2.11 bits per heavy atom. The maximum absolute atomic E-state index is 12.0. The van der Waals surface area contributed by atoms with E-state index in [1.54, 1.807) is 19.9 Å². The molecule has 1 unspecified atom stereocenters. The van der Waals surface area contributed by atoms with Gasteiger partial charge in [0.1, 0.15) is 6.04 Å². The Kier molecular flexibility index (Phi) is 4.90. The van der Waals surface area contributed by atoms with Crippen LogP contribution in [0.4, 0.5) is 5.69 Å². The van der Waals surface area contributed by atoms with E-state index < -0.39 is 22.0 Å². The quantitative estimate of drug-likeness (QED) is 0.616. The minimum absolute atomic E-state index is 0.0201. The fourth-order valence-corrected chi connectivity index (χ4v) is 2.63. The highest BCUT2D eigenvalue weighted by molar-refractivity contribution is 7.89. The van der Waals surface area contributed by atoms with E-state index in [0.29, 0.717) is 5.69 Å². The summed E-state index contributed by atoms with van der Waals surface area (Å²) >= 11 is 0. The van der Waals surface area contributed by atoms with Crippen LogP contribution in [-0.2, 0) is 19.6 Å². The molecule has 1 atom stereocenters. The van der Waals surface area contributed by atoms with Crippen LogP contribution in [0.3, 0.4) is 0 Å². The summed E-state index contributed by atoms with van der Waals surface area (Å²) < 4.78 is 31.1. The van der Waals surface area contributed by atoms with Gasteiger partial charge in [-0.1, -0.05) is 6.07 Å². The standard InChI is InChI=1S/C12H18N2O4S/c1-4-18-12(15)9(3)14-19(16,17)10-6-5-8(2)11(13)7-10/h5-7,9,14H,4,13H2,1-3H3. The first-order valence-corrected chi connectivity index (χ1v) is 7.31. The highest BCUT2D eigenvalue weighted by Gasteiger charge is 2.23. The van der Waals surface area contributed by atoms with E-state index in [4.69, 9.17) is 10.5 Å². The molecule has 3 N–H and O–H groups in total. The van der Waals surface area contributed by atoms with Crippen LogP contribution in [-0.4, -0.2) is 27.0 Å². The van der Waals surface area contributed by atoms with Crippen LogP contribution in [0.1, 0.15) is 19.4 Å². The predicted octanol–water partition coefficient (Wildman–Crippen LogP) is 0.807. The number of anilines is 1. The van der Waals surface area contributed by atoms with Crippen molar-refractivity contribution in [3.05, 3.63) is 23.8 Å². The number of ether oxygens (including phenoxy) is 1. The van der Waals surface area contributed by atoms with E-state index in [1.807, 2.05) is 0 Å². The summed E-state index contributed by atoms with van der Waals surface area (Å²) in [4.78, 5) is 11.4. The third-order valence-electron chi connectivity index (χ3n) is 2.53. The predicted molar refractivity (Wildman–Crippen MR) is 72.0 cm³/mol. The smallest absolute Gasteiger partial charge is 0.323 e. The van der Waals surface area contributed by atoms with Gasteiger partial charge in [-0.25, -0.2) is 8.42 Å². The molecule has 0 heterocycles. The molecular weight excluding hydrogens is 268 g/mol. The van der Waals surface area contributed by atoms with Gasteiger partial charge in [0, 0.05) is 5.69 Å². The molecule has 1 aromatic carbocycles. The molecule has 0 fully saturated rings. The zero-order valence-electron chi connectivity index (χ0n) is 11.1. The van der Waals surface area contributed by atoms with Gasteiger partial charge in [-0.3, -0.25) is 4.79 Å². The first kappa shape index (κ1) is 15.5. The number of nitrogens with one attached hydrogen (secondary N) is 1. The van der Waals surface area contributed by atoms with Crippen LogP contribution in [0, 0.1) is 6.92 Å². The molecule has 0 aliphatic heterocycles. The van der Waals surface area contributed by atoms with Crippen LogP contribution in [0.15, 0.2) is 23.1 Å². The SMILES string of the molecule is CCOC(=O)C(C)NS(=O)(=O)c1ccc(C)c(N)c1. The summed E-state index contributed by atoms with van der Waals surface area (Å²) in [5.41, 5.74) is 6.84. The lowest BCUT2D eigenvalue weighted by Gasteiger charge is -2.13. The number of hydrogen-bond donors (Lipinski definition) is 2.